The van der Waals surface area contributed by atoms with Gasteiger partial charge in [0.2, 0.25) is 0 Å². The Hall–Kier alpha value is -1.68. The number of phenols is 1. The Balaban J connectivity index is 2.81. The quantitative estimate of drug-likeness (QED) is 0.765. The number of phenolic OH excluding ortho intramolecular Hbond substituents is 1. The summed E-state index contributed by atoms with van der Waals surface area (Å²) < 4.78 is 0. The zero-order chi connectivity index (χ0) is 15.1. The van der Waals surface area contributed by atoms with Gasteiger partial charge in [-0.15, -0.1) is 0 Å². The zero-order valence-electron chi connectivity index (χ0n) is 12.3. The van der Waals surface area contributed by atoms with Crippen LogP contribution < -0.4 is 5.32 Å². The molecule has 2 atom stereocenters. The molecule has 110 valence electrons. The number of carbonyl (C=O) groups excluding carboxylic acids is 2. The number of nitrogens with one attached hydrogen (secondary N) is 1. The van der Waals surface area contributed by atoms with Crippen LogP contribution in [-0.2, 0) is 16.0 Å². The monoisotopic (exact) mass is 277 g/mol. The summed E-state index contributed by atoms with van der Waals surface area (Å²) in [5.74, 6) is 0.347. The first kappa shape index (κ1) is 16.4. The van der Waals surface area contributed by atoms with Crippen molar-refractivity contribution in [2.45, 2.75) is 52.1 Å². The second-order valence-corrected chi connectivity index (χ2v) is 4.98. The normalized spacial score (nSPS) is 13.8. The molecule has 0 saturated carbocycles. The van der Waals surface area contributed by atoms with Gasteiger partial charge in [-0.25, -0.2) is 0 Å². The lowest BCUT2D eigenvalue weighted by atomic mass is 9.98. The summed E-state index contributed by atoms with van der Waals surface area (Å²) in [6.07, 6.45) is 1.62. The van der Waals surface area contributed by atoms with Gasteiger partial charge in [0, 0.05) is 6.42 Å². The summed E-state index contributed by atoms with van der Waals surface area (Å²) in [6.45, 7) is 5.28. The second-order valence-electron chi connectivity index (χ2n) is 4.98. The zero-order valence-corrected chi connectivity index (χ0v) is 12.3. The van der Waals surface area contributed by atoms with E-state index in [1.807, 2.05) is 13.8 Å². The Morgan fingerprint density at radius 1 is 1.15 bits per heavy atom. The number of benzene rings is 1. The number of rotatable bonds is 8. The lowest BCUT2D eigenvalue weighted by Crippen LogP contribution is -2.47. The molecule has 4 nitrogen and oxygen atoms in total. The van der Waals surface area contributed by atoms with E-state index in [4.69, 9.17) is 0 Å². The maximum Gasteiger partial charge on any atom is 0.149 e. The molecule has 2 unspecified atom stereocenters. The molecule has 20 heavy (non-hydrogen) atoms. The Morgan fingerprint density at radius 3 is 2.20 bits per heavy atom. The molecule has 1 aromatic carbocycles. The van der Waals surface area contributed by atoms with E-state index in [1.165, 1.54) is 6.92 Å². The van der Waals surface area contributed by atoms with Crippen molar-refractivity contribution in [2.24, 2.45) is 0 Å². The molecule has 2 N–H and O–H groups in total. The van der Waals surface area contributed by atoms with E-state index in [0.29, 0.717) is 19.3 Å². The van der Waals surface area contributed by atoms with Crippen LogP contribution in [0.15, 0.2) is 24.3 Å². The predicted octanol–water partition coefficient (Wildman–Crippen LogP) is 2.24. The van der Waals surface area contributed by atoms with E-state index in [-0.39, 0.29) is 29.4 Å². The van der Waals surface area contributed by atoms with Gasteiger partial charge in [0.15, 0.2) is 0 Å². The van der Waals surface area contributed by atoms with E-state index in [2.05, 4.69) is 5.32 Å². The molecule has 0 radical (unpaired) electrons. The highest BCUT2D eigenvalue weighted by Gasteiger charge is 2.22. The first-order valence-electron chi connectivity index (χ1n) is 7.05. The molecule has 0 spiro atoms. The highest BCUT2D eigenvalue weighted by molar-refractivity contribution is 5.86. The summed E-state index contributed by atoms with van der Waals surface area (Å²) in [7, 11) is 0. The van der Waals surface area contributed by atoms with E-state index >= 15 is 0 Å². The third kappa shape index (κ3) is 4.78. The molecule has 1 aromatic rings. The van der Waals surface area contributed by atoms with Crippen molar-refractivity contribution in [3.05, 3.63) is 29.8 Å². The first-order valence-corrected chi connectivity index (χ1v) is 7.05. The van der Waals surface area contributed by atoms with E-state index in [0.717, 1.165) is 5.56 Å². The highest BCUT2D eigenvalue weighted by atomic mass is 16.3. The molecule has 0 aromatic heterocycles. The SMILES string of the molecule is CCC(=O)C(Cc1ccc(O)cc1)NC(CC)C(C)=O. The molecular weight excluding hydrogens is 254 g/mol. The van der Waals surface area contributed by atoms with Gasteiger partial charge in [-0.3, -0.25) is 14.9 Å². The minimum Gasteiger partial charge on any atom is -0.508 e. The van der Waals surface area contributed by atoms with E-state index < -0.39 is 0 Å². The molecule has 4 heteroatoms. The molecule has 0 amide bonds. The number of Topliss-reactive ketones (excluding diaryl/α,β-unsaturated/α-hetero) is 2. The topological polar surface area (TPSA) is 66.4 Å². The molecule has 0 aliphatic heterocycles. The molecule has 0 heterocycles. The Labute approximate surface area is 120 Å². The van der Waals surface area contributed by atoms with Crippen LogP contribution in [0.2, 0.25) is 0 Å². The standard InChI is InChI=1S/C16H23NO3/c1-4-14(11(3)18)17-15(16(20)5-2)10-12-6-8-13(19)9-7-12/h6-9,14-15,17,19H,4-5,10H2,1-3H3. The lowest BCUT2D eigenvalue weighted by molar-refractivity contribution is -0.122. The van der Waals surface area contributed by atoms with Gasteiger partial charge in [-0.2, -0.15) is 0 Å². The van der Waals surface area contributed by atoms with Crippen LogP contribution in [0, 0.1) is 0 Å². The average molecular weight is 277 g/mol. The number of carbonyl (C=O) groups is 2. The fourth-order valence-electron chi connectivity index (χ4n) is 2.15. The minimum absolute atomic E-state index is 0.0482. The van der Waals surface area contributed by atoms with Crippen LogP contribution in [0.25, 0.3) is 0 Å². The number of aromatic hydroxyl groups is 1. The van der Waals surface area contributed by atoms with Gasteiger partial charge >= 0.3 is 0 Å². The summed E-state index contributed by atoms with van der Waals surface area (Å²) in [5, 5.41) is 12.4. The largest absolute Gasteiger partial charge is 0.508 e. The van der Waals surface area contributed by atoms with Crippen molar-refractivity contribution in [1.29, 1.82) is 0 Å². The molecule has 0 saturated heterocycles. The van der Waals surface area contributed by atoms with Crippen LogP contribution in [0.5, 0.6) is 5.75 Å². The minimum atomic E-state index is -0.363. The Bertz CT molecular complexity index is 453. The van der Waals surface area contributed by atoms with Crippen molar-refractivity contribution < 1.29 is 14.7 Å². The van der Waals surface area contributed by atoms with Gasteiger partial charge in [0.05, 0.1) is 12.1 Å². The number of ketones is 2. The molecule has 1 rings (SSSR count). The molecule has 0 aliphatic carbocycles. The van der Waals surface area contributed by atoms with E-state index in [1.54, 1.807) is 24.3 Å². The molecule has 0 aliphatic rings. The van der Waals surface area contributed by atoms with Crippen molar-refractivity contribution >= 4 is 11.6 Å². The Kier molecular flexibility index (Phi) is 6.39. The maximum absolute atomic E-state index is 12.0. The second kappa shape index (κ2) is 7.80. The summed E-state index contributed by atoms with van der Waals surface area (Å²) in [6, 6.07) is 6.14. The van der Waals surface area contributed by atoms with Crippen LogP contribution in [0.1, 0.15) is 39.2 Å². The lowest BCUT2D eigenvalue weighted by Gasteiger charge is -2.22. The van der Waals surface area contributed by atoms with Crippen LogP contribution >= 0.6 is 0 Å². The Morgan fingerprint density at radius 2 is 1.75 bits per heavy atom. The maximum atomic E-state index is 12.0. The third-order valence-corrected chi connectivity index (χ3v) is 3.41. The fraction of sp³-hybridized carbons (Fsp3) is 0.500. The fourth-order valence-corrected chi connectivity index (χ4v) is 2.15. The summed E-state index contributed by atoms with van der Waals surface area (Å²) >= 11 is 0. The summed E-state index contributed by atoms with van der Waals surface area (Å²) in [4.78, 5) is 23.5. The molecule has 0 bridgehead atoms. The van der Waals surface area contributed by atoms with Crippen molar-refractivity contribution in [1.82, 2.24) is 5.32 Å². The number of hydrogen-bond donors (Lipinski definition) is 2. The van der Waals surface area contributed by atoms with Crippen LogP contribution in [-0.4, -0.2) is 28.8 Å². The average Bonchev–Trinajstić information content (AvgIpc) is 2.44. The molecule has 0 fully saturated rings. The van der Waals surface area contributed by atoms with Gasteiger partial charge in [-0.1, -0.05) is 26.0 Å². The van der Waals surface area contributed by atoms with Gasteiger partial charge in [0.25, 0.3) is 0 Å². The third-order valence-electron chi connectivity index (χ3n) is 3.41. The van der Waals surface area contributed by atoms with Gasteiger partial charge in [-0.05, 0) is 37.5 Å². The first-order chi connectivity index (χ1) is 9.47. The van der Waals surface area contributed by atoms with Crippen LogP contribution in [0.3, 0.4) is 0 Å². The highest BCUT2D eigenvalue weighted by Crippen LogP contribution is 2.13. The van der Waals surface area contributed by atoms with Gasteiger partial charge in [0.1, 0.15) is 17.3 Å². The number of hydrogen-bond acceptors (Lipinski definition) is 4. The van der Waals surface area contributed by atoms with Crippen molar-refractivity contribution in [3.63, 3.8) is 0 Å². The van der Waals surface area contributed by atoms with Gasteiger partial charge < -0.3 is 5.11 Å². The predicted molar refractivity (Wildman–Crippen MR) is 78.8 cm³/mol. The smallest absolute Gasteiger partial charge is 0.149 e. The summed E-state index contributed by atoms with van der Waals surface area (Å²) in [5.41, 5.74) is 0.959. The van der Waals surface area contributed by atoms with Crippen LogP contribution in [0.4, 0.5) is 0 Å². The van der Waals surface area contributed by atoms with Crippen molar-refractivity contribution in [3.8, 4) is 5.75 Å². The van der Waals surface area contributed by atoms with Crippen molar-refractivity contribution in [2.75, 3.05) is 0 Å². The van der Waals surface area contributed by atoms with E-state index in [9.17, 15) is 14.7 Å². The molecular formula is C16H23NO3.